The van der Waals surface area contributed by atoms with Crippen LogP contribution in [0.15, 0.2) is 88.5 Å². The number of nitrogens with one attached hydrogen (secondary N) is 1. The summed E-state index contributed by atoms with van der Waals surface area (Å²) < 4.78 is 5.87. The molecule has 0 aromatic heterocycles. The van der Waals surface area contributed by atoms with Crippen molar-refractivity contribution in [2.45, 2.75) is 6.61 Å². The predicted molar refractivity (Wildman–Crippen MR) is 138 cm³/mol. The van der Waals surface area contributed by atoms with E-state index in [1.54, 1.807) is 18.2 Å². The molecule has 0 unspecified atom stereocenters. The summed E-state index contributed by atoms with van der Waals surface area (Å²) in [6.07, 6.45) is 1.61. The number of rotatable bonds is 5. The van der Waals surface area contributed by atoms with E-state index in [1.165, 1.54) is 16.8 Å². The second kappa shape index (κ2) is 9.46. The normalized spacial score (nSPS) is 16.4. The molecular weight excluding hydrogens is 491 g/mol. The summed E-state index contributed by atoms with van der Waals surface area (Å²) in [5, 5.41) is 16.5. The number of hydrogen-bond acceptors (Lipinski definition) is 5. The average molecular weight is 507 g/mol. The number of amides is 1. The van der Waals surface area contributed by atoms with Crippen molar-refractivity contribution in [3.8, 4) is 5.75 Å². The molecule has 0 radical (unpaired) electrons. The molecule has 0 fully saturated rings. The van der Waals surface area contributed by atoms with Gasteiger partial charge in [-0.15, -0.1) is 0 Å². The van der Waals surface area contributed by atoms with Gasteiger partial charge in [-0.05, 0) is 47.7 Å². The fourth-order valence-electron chi connectivity index (χ4n) is 3.37. The zero-order chi connectivity index (χ0) is 23.7. The third-order valence-electron chi connectivity index (χ3n) is 5.08. The molecule has 6 nitrogen and oxygen atoms in total. The van der Waals surface area contributed by atoms with Gasteiger partial charge in [-0.25, -0.2) is 0 Å². The van der Waals surface area contributed by atoms with Crippen molar-refractivity contribution in [3.63, 3.8) is 0 Å². The fraction of sp³-hybridized carbons (Fsp3) is 0.0400. The molecule has 9 heteroatoms. The second-order valence-electron chi connectivity index (χ2n) is 7.36. The Morgan fingerprint density at radius 3 is 2.56 bits per heavy atom. The van der Waals surface area contributed by atoms with Crippen LogP contribution in [-0.2, 0) is 11.4 Å². The molecule has 1 amide bonds. The van der Waals surface area contributed by atoms with E-state index < -0.39 is 5.91 Å². The highest BCUT2D eigenvalue weighted by Gasteiger charge is 2.36. The molecule has 34 heavy (non-hydrogen) atoms. The number of carbonyl (C=O) groups excluding carboxylic acids is 1. The molecule has 0 saturated carbocycles. The van der Waals surface area contributed by atoms with Gasteiger partial charge in [0.2, 0.25) is 5.17 Å². The van der Waals surface area contributed by atoms with E-state index in [0.29, 0.717) is 38.2 Å². The summed E-state index contributed by atoms with van der Waals surface area (Å²) in [4.78, 5) is 16.9. The van der Waals surface area contributed by atoms with Crippen molar-refractivity contribution >= 4 is 63.0 Å². The number of nitrogens with zero attached hydrogens (tertiary/aromatic N) is 3. The Morgan fingerprint density at radius 2 is 1.76 bits per heavy atom. The third kappa shape index (κ3) is 4.50. The number of ether oxygens (including phenoxy) is 1. The molecule has 1 N–H and O–H groups in total. The van der Waals surface area contributed by atoms with Crippen molar-refractivity contribution in [3.05, 3.63) is 105 Å². The first-order chi connectivity index (χ1) is 16.5. The third-order valence-corrected chi connectivity index (χ3v) is 6.72. The molecule has 3 aromatic rings. The number of hydrazone groups is 1. The van der Waals surface area contributed by atoms with Crippen LogP contribution in [0.4, 0.5) is 0 Å². The SMILES string of the molecule is N=C1/C(=C\c2cccc(OCc3ccccc3Cl)c2)C(=O)N=C2SC(c3ccccc3Cl)=NN12. The maximum absolute atomic E-state index is 12.7. The van der Waals surface area contributed by atoms with E-state index in [1.807, 2.05) is 60.7 Å². The van der Waals surface area contributed by atoms with Gasteiger partial charge < -0.3 is 4.74 Å². The molecule has 2 aliphatic rings. The van der Waals surface area contributed by atoms with E-state index in [9.17, 15) is 4.79 Å². The van der Waals surface area contributed by atoms with Crippen molar-refractivity contribution in [2.75, 3.05) is 0 Å². The van der Waals surface area contributed by atoms with E-state index in [-0.39, 0.29) is 11.4 Å². The Hall–Kier alpha value is -3.39. The molecular formula is C25H16Cl2N4O2S. The lowest BCUT2D eigenvalue weighted by atomic mass is 10.1. The molecule has 3 aromatic carbocycles. The van der Waals surface area contributed by atoms with Gasteiger partial charge in [0.25, 0.3) is 5.91 Å². The van der Waals surface area contributed by atoms with E-state index in [4.69, 9.17) is 33.3 Å². The Morgan fingerprint density at radius 1 is 1.00 bits per heavy atom. The maximum atomic E-state index is 12.7. The van der Waals surface area contributed by atoms with Gasteiger partial charge in [0.05, 0.1) is 10.6 Å². The highest BCUT2D eigenvalue weighted by atomic mass is 35.5. The predicted octanol–water partition coefficient (Wildman–Crippen LogP) is 6.24. The summed E-state index contributed by atoms with van der Waals surface area (Å²) in [6.45, 7) is 0.312. The van der Waals surface area contributed by atoms with E-state index in [2.05, 4.69) is 10.1 Å². The minimum absolute atomic E-state index is 0.0491. The van der Waals surface area contributed by atoms with Crippen LogP contribution >= 0.6 is 35.0 Å². The molecule has 0 bridgehead atoms. The monoisotopic (exact) mass is 506 g/mol. The van der Waals surface area contributed by atoms with Crippen LogP contribution in [-0.4, -0.2) is 27.0 Å². The van der Waals surface area contributed by atoms with Gasteiger partial charge in [-0.3, -0.25) is 10.2 Å². The summed E-state index contributed by atoms with van der Waals surface area (Å²) in [5.74, 6) is 0.0673. The molecule has 5 rings (SSSR count). The van der Waals surface area contributed by atoms with E-state index >= 15 is 0 Å². The Kier molecular flexibility index (Phi) is 6.24. The summed E-state index contributed by atoms with van der Waals surface area (Å²) >= 11 is 13.7. The van der Waals surface area contributed by atoms with Crippen LogP contribution in [0.25, 0.3) is 6.08 Å². The first-order valence-electron chi connectivity index (χ1n) is 10.2. The Balaban J connectivity index is 1.38. The number of halogens is 2. The number of hydrogen-bond donors (Lipinski definition) is 1. The van der Waals surface area contributed by atoms with Crippen LogP contribution in [0, 0.1) is 5.41 Å². The first-order valence-corrected chi connectivity index (χ1v) is 11.8. The fourth-order valence-corrected chi connectivity index (χ4v) is 4.77. The lowest BCUT2D eigenvalue weighted by molar-refractivity contribution is -0.114. The molecule has 0 aliphatic carbocycles. The van der Waals surface area contributed by atoms with Crippen molar-refractivity contribution in [2.24, 2.45) is 10.1 Å². The number of thioether (sulfide) groups is 1. The van der Waals surface area contributed by atoms with Gasteiger partial charge in [0, 0.05) is 16.1 Å². The van der Waals surface area contributed by atoms with Crippen LogP contribution < -0.4 is 4.74 Å². The second-order valence-corrected chi connectivity index (χ2v) is 9.13. The number of benzene rings is 3. The summed E-state index contributed by atoms with van der Waals surface area (Å²) in [6, 6.07) is 22.0. The minimum atomic E-state index is -0.498. The topological polar surface area (TPSA) is 78.1 Å². The highest BCUT2D eigenvalue weighted by molar-refractivity contribution is 8.27. The van der Waals surface area contributed by atoms with Gasteiger partial charge in [0.1, 0.15) is 17.4 Å². The van der Waals surface area contributed by atoms with Gasteiger partial charge >= 0.3 is 0 Å². The van der Waals surface area contributed by atoms with Crippen molar-refractivity contribution < 1.29 is 9.53 Å². The average Bonchev–Trinajstić information content (AvgIpc) is 3.26. The van der Waals surface area contributed by atoms with Gasteiger partial charge in [-0.1, -0.05) is 71.7 Å². The lowest BCUT2D eigenvalue weighted by Crippen LogP contribution is -2.35. The van der Waals surface area contributed by atoms with Crippen LogP contribution in [0.3, 0.4) is 0 Å². The smallest absolute Gasteiger partial charge is 0.283 e. The van der Waals surface area contributed by atoms with Crippen molar-refractivity contribution in [1.29, 1.82) is 5.41 Å². The van der Waals surface area contributed by atoms with Gasteiger partial charge in [-0.2, -0.15) is 15.1 Å². The molecule has 168 valence electrons. The van der Waals surface area contributed by atoms with Crippen molar-refractivity contribution in [1.82, 2.24) is 5.01 Å². The van der Waals surface area contributed by atoms with Crippen LogP contribution in [0.5, 0.6) is 5.75 Å². The molecule has 0 spiro atoms. The molecule has 2 heterocycles. The quantitative estimate of drug-likeness (QED) is 0.415. The van der Waals surface area contributed by atoms with E-state index in [0.717, 1.165) is 11.1 Å². The number of carbonyl (C=O) groups is 1. The molecule has 2 aliphatic heterocycles. The highest BCUT2D eigenvalue weighted by Crippen LogP contribution is 2.33. The molecule has 0 saturated heterocycles. The summed E-state index contributed by atoms with van der Waals surface area (Å²) in [7, 11) is 0. The van der Waals surface area contributed by atoms with Crippen LogP contribution in [0.1, 0.15) is 16.7 Å². The Labute approximate surface area is 210 Å². The van der Waals surface area contributed by atoms with Crippen LogP contribution in [0.2, 0.25) is 10.0 Å². The number of amidine groups is 2. The first kappa shape index (κ1) is 22.4. The summed E-state index contributed by atoms with van der Waals surface area (Å²) in [5.41, 5.74) is 2.43. The van der Waals surface area contributed by atoms with Gasteiger partial charge in [0.15, 0.2) is 5.84 Å². The number of aliphatic imine (C=N–C) groups is 1. The number of fused-ring (bicyclic) bond motifs is 1. The zero-order valence-electron chi connectivity index (χ0n) is 17.5. The minimum Gasteiger partial charge on any atom is -0.489 e. The lowest BCUT2D eigenvalue weighted by Gasteiger charge is -2.20. The molecule has 0 atom stereocenters. The largest absolute Gasteiger partial charge is 0.489 e. The standard InChI is InChI=1S/C25H16Cl2N4O2S/c26-20-10-3-1-7-16(20)14-33-17-8-5-6-15(12-17)13-19-22(28)31-25(29-23(19)32)34-24(30-31)18-9-2-4-11-21(18)27/h1-13,28H,14H2/b19-13+,28-22?. The maximum Gasteiger partial charge on any atom is 0.283 e. The Bertz CT molecular complexity index is 1420. The zero-order valence-corrected chi connectivity index (χ0v) is 19.9.